The highest BCUT2D eigenvalue weighted by atomic mass is 35.5. The predicted octanol–water partition coefficient (Wildman–Crippen LogP) is 3.53. The molecule has 18 heavy (non-hydrogen) atoms. The van der Waals surface area contributed by atoms with Crippen LogP contribution < -0.4 is 0 Å². The van der Waals surface area contributed by atoms with Gasteiger partial charge in [-0.2, -0.15) is 0 Å². The lowest BCUT2D eigenvalue weighted by atomic mass is 10.2. The second-order valence-electron chi connectivity index (χ2n) is 3.83. The van der Waals surface area contributed by atoms with Gasteiger partial charge in [-0.05, 0) is 12.1 Å². The number of hydrogen-bond donors (Lipinski definition) is 0. The van der Waals surface area contributed by atoms with Crippen LogP contribution in [0.2, 0.25) is 0 Å². The number of rotatable bonds is 3. The van der Waals surface area contributed by atoms with Crippen LogP contribution in [-0.4, -0.2) is 21.1 Å². The fourth-order valence-electron chi connectivity index (χ4n) is 1.72. The quantitative estimate of drug-likeness (QED) is 0.686. The molecule has 1 aromatic carbocycles. The van der Waals surface area contributed by atoms with E-state index in [1.807, 2.05) is 30.3 Å². The van der Waals surface area contributed by atoms with E-state index in [1.54, 1.807) is 11.3 Å². The van der Waals surface area contributed by atoms with E-state index in [0.717, 1.165) is 33.0 Å². The summed E-state index contributed by atoms with van der Waals surface area (Å²) >= 11 is 7.24. The Hall–Kier alpha value is -1.52. The van der Waals surface area contributed by atoms with E-state index in [-0.39, 0.29) is 0 Å². The first-order valence-corrected chi connectivity index (χ1v) is 6.96. The van der Waals surface area contributed by atoms with Gasteiger partial charge in [0.1, 0.15) is 10.7 Å². The van der Waals surface area contributed by atoms with Gasteiger partial charge in [0.2, 0.25) is 0 Å². The Kier molecular flexibility index (Phi) is 3.21. The van der Waals surface area contributed by atoms with Crippen molar-refractivity contribution >= 4 is 33.8 Å². The summed E-state index contributed by atoms with van der Waals surface area (Å²) in [6.07, 6.45) is 0.757. The lowest BCUT2D eigenvalue weighted by Gasteiger charge is -1.98. The van der Waals surface area contributed by atoms with Crippen LogP contribution in [0.1, 0.15) is 5.01 Å². The highest BCUT2D eigenvalue weighted by molar-refractivity contribution is 7.14. The van der Waals surface area contributed by atoms with Crippen molar-refractivity contribution in [2.45, 2.75) is 6.42 Å². The summed E-state index contributed by atoms with van der Waals surface area (Å²) in [5.74, 6) is 0.569. The van der Waals surface area contributed by atoms with E-state index < -0.39 is 0 Å². The number of aromatic nitrogens is 3. The van der Waals surface area contributed by atoms with Gasteiger partial charge in [0.25, 0.3) is 0 Å². The number of benzene rings is 1. The van der Waals surface area contributed by atoms with E-state index in [1.165, 1.54) is 0 Å². The summed E-state index contributed by atoms with van der Waals surface area (Å²) in [6, 6.07) is 12.1. The van der Waals surface area contributed by atoms with Gasteiger partial charge in [-0.1, -0.05) is 35.6 Å². The summed E-state index contributed by atoms with van der Waals surface area (Å²) in [6.45, 7) is 0. The van der Waals surface area contributed by atoms with Gasteiger partial charge in [-0.15, -0.1) is 21.8 Å². The average molecular weight is 276 g/mol. The minimum atomic E-state index is 0.569. The Balaban J connectivity index is 2.02. The standard InChI is InChI=1S/C13H10ClN3S/c14-8-7-12-16-17-13(18-12)11-6-5-9-3-1-2-4-10(9)15-11/h1-6H,7-8H2. The summed E-state index contributed by atoms with van der Waals surface area (Å²) < 4.78 is 0. The highest BCUT2D eigenvalue weighted by Crippen LogP contribution is 2.24. The predicted molar refractivity (Wildman–Crippen MR) is 75.1 cm³/mol. The number of aryl methyl sites for hydroxylation is 1. The molecule has 0 fully saturated rings. The van der Waals surface area contributed by atoms with Crippen molar-refractivity contribution in [2.24, 2.45) is 0 Å². The zero-order valence-electron chi connectivity index (χ0n) is 9.51. The monoisotopic (exact) mass is 275 g/mol. The first-order valence-electron chi connectivity index (χ1n) is 5.61. The molecule has 0 aliphatic heterocycles. The second kappa shape index (κ2) is 5.00. The molecule has 0 spiro atoms. The molecule has 0 unspecified atom stereocenters. The average Bonchev–Trinajstić information content (AvgIpc) is 2.87. The molecule has 0 aliphatic rings. The van der Waals surface area contributed by atoms with E-state index >= 15 is 0 Å². The summed E-state index contributed by atoms with van der Waals surface area (Å²) in [5, 5.41) is 11.2. The Bertz CT molecular complexity index is 681. The number of halogens is 1. The van der Waals surface area contributed by atoms with Gasteiger partial charge in [0.05, 0.1) is 5.52 Å². The minimum absolute atomic E-state index is 0.569. The van der Waals surface area contributed by atoms with E-state index in [0.29, 0.717) is 5.88 Å². The first-order chi connectivity index (χ1) is 8.86. The fourth-order valence-corrected chi connectivity index (χ4v) is 2.82. The molecule has 0 aliphatic carbocycles. The zero-order chi connectivity index (χ0) is 12.4. The van der Waals surface area contributed by atoms with Gasteiger partial charge < -0.3 is 0 Å². The summed E-state index contributed by atoms with van der Waals surface area (Å²) in [7, 11) is 0. The van der Waals surface area contributed by atoms with E-state index in [9.17, 15) is 0 Å². The molecule has 5 heteroatoms. The van der Waals surface area contributed by atoms with Crippen LogP contribution in [0.5, 0.6) is 0 Å². The van der Waals surface area contributed by atoms with Gasteiger partial charge in [0.15, 0.2) is 5.01 Å². The number of para-hydroxylation sites is 1. The molecule has 2 aromatic heterocycles. The maximum atomic E-state index is 5.69. The maximum Gasteiger partial charge on any atom is 0.166 e. The van der Waals surface area contributed by atoms with Crippen molar-refractivity contribution in [3.63, 3.8) is 0 Å². The smallest absolute Gasteiger partial charge is 0.166 e. The molecule has 0 N–H and O–H groups in total. The number of pyridine rings is 1. The number of alkyl halides is 1. The van der Waals surface area contributed by atoms with Crippen LogP contribution in [-0.2, 0) is 6.42 Å². The van der Waals surface area contributed by atoms with Crippen LogP contribution in [0, 0.1) is 0 Å². The molecular formula is C13H10ClN3S. The molecule has 3 aromatic rings. The normalized spacial score (nSPS) is 10.9. The third-order valence-electron chi connectivity index (χ3n) is 2.59. The second-order valence-corrected chi connectivity index (χ2v) is 5.27. The fraction of sp³-hybridized carbons (Fsp3) is 0.154. The Labute approximate surface area is 113 Å². The highest BCUT2D eigenvalue weighted by Gasteiger charge is 2.08. The van der Waals surface area contributed by atoms with Crippen molar-refractivity contribution in [3.05, 3.63) is 41.4 Å². The summed E-state index contributed by atoms with van der Waals surface area (Å²) in [5.41, 5.74) is 1.84. The topological polar surface area (TPSA) is 38.7 Å². The lowest BCUT2D eigenvalue weighted by molar-refractivity contribution is 0.988. The largest absolute Gasteiger partial charge is 0.245 e. The molecule has 0 amide bonds. The Morgan fingerprint density at radius 2 is 1.94 bits per heavy atom. The maximum absolute atomic E-state index is 5.69. The number of fused-ring (bicyclic) bond motifs is 1. The van der Waals surface area contributed by atoms with Gasteiger partial charge in [0, 0.05) is 17.7 Å². The van der Waals surface area contributed by atoms with Crippen molar-refractivity contribution in [3.8, 4) is 10.7 Å². The van der Waals surface area contributed by atoms with Crippen LogP contribution in [0.15, 0.2) is 36.4 Å². The molecule has 3 nitrogen and oxygen atoms in total. The Morgan fingerprint density at radius 1 is 1.06 bits per heavy atom. The van der Waals surface area contributed by atoms with E-state index in [2.05, 4.69) is 21.2 Å². The number of hydrogen-bond acceptors (Lipinski definition) is 4. The van der Waals surface area contributed by atoms with Crippen LogP contribution in [0.3, 0.4) is 0 Å². The molecule has 3 rings (SSSR count). The van der Waals surface area contributed by atoms with Crippen molar-refractivity contribution in [1.29, 1.82) is 0 Å². The summed E-state index contributed by atoms with van der Waals surface area (Å²) in [4.78, 5) is 4.59. The molecule has 0 radical (unpaired) electrons. The van der Waals surface area contributed by atoms with E-state index in [4.69, 9.17) is 11.6 Å². The zero-order valence-corrected chi connectivity index (χ0v) is 11.1. The molecule has 90 valence electrons. The minimum Gasteiger partial charge on any atom is -0.245 e. The lowest BCUT2D eigenvalue weighted by Crippen LogP contribution is -1.84. The molecule has 0 saturated heterocycles. The first kappa shape index (κ1) is 11.6. The van der Waals surface area contributed by atoms with Crippen LogP contribution >= 0.6 is 22.9 Å². The number of nitrogens with zero attached hydrogens (tertiary/aromatic N) is 3. The molecular weight excluding hydrogens is 266 g/mol. The van der Waals surface area contributed by atoms with Gasteiger partial charge >= 0.3 is 0 Å². The van der Waals surface area contributed by atoms with Crippen molar-refractivity contribution in [2.75, 3.05) is 5.88 Å². The molecule has 0 saturated carbocycles. The van der Waals surface area contributed by atoms with Crippen molar-refractivity contribution < 1.29 is 0 Å². The molecule has 0 bridgehead atoms. The SMILES string of the molecule is ClCCc1nnc(-c2ccc3ccccc3n2)s1. The Morgan fingerprint density at radius 3 is 2.83 bits per heavy atom. The van der Waals surface area contributed by atoms with Crippen LogP contribution in [0.4, 0.5) is 0 Å². The third-order valence-corrected chi connectivity index (χ3v) is 3.79. The third kappa shape index (κ3) is 2.21. The molecule has 0 atom stereocenters. The molecule has 2 heterocycles. The van der Waals surface area contributed by atoms with Crippen LogP contribution in [0.25, 0.3) is 21.6 Å². The van der Waals surface area contributed by atoms with Crippen molar-refractivity contribution in [1.82, 2.24) is 15.2 Å². The van der Waals surface area contributed by atoms with Gasteiger partial charge in [-0.25, -0.2) is 4.98 Å². The van der Waals surface area contributed by atoms with Gasteiger partial charge in [-0.3, -0.25) is 0 Å².